The lowest BCUT2D eigenvalue weighted by molar-refractivity contribution is -0.125. The Morgan fingerprint density at radius 3 is 2.46 bits per heavy atom. The number of nitrogens with zero attached hydrogens (tertiary/aromatic N) is 3. The zero-order valence-electron chi connectivity index (χ0n) is 15.1. The lowest BCUT2D eigenvalue weighted by atomic mass is 9.91. The van der Waals surface area contributed by atoms with E-state index in [4.69, 9.17) is 0 Å². The van der Waals surface area contributed by atoms with Crippen molar-refractivity contribution in [1.82, 2.24) is 25.6 Å². The molecule has 1 saturated carbocycles. The third-order valence-electron chi connectivity index (χ3n) is 4.36. The lowest BCUT2D eigenvalue weighted by Gasteiger charge is -2.29. The summed E-state index contributed by atoms with van der Waals surface area (Å²) >= 11 is 0. The topological polar surface area (TPSA) is 88.9 Å². The minimum Gasteiger partial charge on any atom is -0.353 e. The molecular formula is C17H29N5O2. The molecular weight excluding hydrogens is 306 g/mol. The van der Waals surface area contributed by atoms with E-state index >= 15 is 0 Å². The molecule has 0 bridgehead atoms. The molecule has 2 rings (SSSR count). The van der Waals surface area contributed by atoms with Crippen LogP contribution in [0.4, 0.5) is 0 Å². The van der Waals surface area contributed by atoms with Crippen LogP contribution in [0.3, 0.4) is 0 Å². The molecule has 1 aromatic heterocycles. The first-order chi connectivity index (χ1) is 11.4. The first-order valence-corrected chi connectivity index (χ1v) is 8.87. The highest BCUT2D eigenvalue weighted by atomic mass is 16.2. The van der Waals surface area contributed by atoms with Crippen LogP contribution < -0.4 is 10.6 Å². The van der Waals surface area contributed by atoms with Crippen molar-refractivity contribution in [2.45, 2.75) is 65.5 Å². The van der Waals surface area contributed by atoms with Crippen molar-refractivity contribution < 1.29 is 9.59 Å². The second-order valence-corrected chi connectivity index (χ2v) is 7.36. The predicted molar refractivity (Wildman–Crippen MR) is 91.5 cm³/mol. The van der Waals surface area contributed by atoms with E-state index < -0.39 is 0 Å². The Morgan fingerprint density at radius 2 is 1.88 bits per heavy atom. The first-order valence-electron chi connectivity index (χ1n) is 8.87. The van der Waals surface area contributed by atoms with Crippen LogP contribution in [0.2, 0.25) is 0 Å². The first kappa shape index (κ1) is 18.4. The molecule has 0 saturated heterocycles. The van der Waals surface area contributed by atoms with E-state index in [1.54, 1.807) is 10.9 Å². The zero-order chi connectivity index (χ0) is 17.7. The van der Waals surface area contributed by atoms with Crippen molar-refractivity contribution in [3.8, 4) is 0 Å². The fourth-order valence-electron chi connectivity index (χ4n) is 2.80. The number of carbonyl (C=O) groups is 2. The molecule has 1 fully saturated rings. The van der Waals surface area contributed by atoms with Crippen LogP contribution in [-0.2, 0) is 4.79 Å². The SMILES string of the molecule is CC(C)CNC(=O)c1cn(C2CCC(NC(=O)C(C)C)CC2)nn1. The summed E-state index contributed by atoms with van der Waals surface area (Å²) in [7, 11) is 0. The van der Waals surface area contributed by atoms with Crippen LogP contribution in [-0.4, -0.2) is 39.4 Å². The summed E-state index contributed by atoms with van der Waals surface area (Å²) in [5, 5.41) is 14.1. The maximum atomic E-state index is 12.0. The van der Waals surface area contributed by atoms with Gasteiger partial charge in [-0.2, -0.15) is 0 Å². The van der Waals surface area contributed by atoms with E-state index in [1.807, 2.05) is 27.7 Å². The molecule has 0 aromatic carbocycles. The minimum absolute atomic E-state index is 0.0185. The molecule has 1 aromatic rings. The second-order valence-electron chi connectivity index (χ2n) is 7.36. The molecule has 0 radical (unpaired) electrons. The van der Waals surface area contributed by atoms with Gasteiger partial charge in [-0.25, -0.2) is 4.68 Å². The van der Waals surface area contributed by atoms with Gasteiger partial charge in [0.15, 0.2) is 5.69 Å². The van der Waals surface area contributed by atoms with E-state index in [1.165, 1.54) is 0 Å². The van der Waals surface area contributed by atoms with Crippen LogP contribution in [0.5, 0.6) is 0 Å². The number of aromatic nitrogens is 3. The number of amides is 2. The molecule has 0 spiro atoms. The Balaban J connectivity index is 1.84. The van der Waals surface area contributed by atoms with Gasteiger partial charge in [0, 0.05) is 18.5 Å². The van der Waals surface area contributed by atoms with E-state index in [2.05, 4.69) is 20.9 Å². The summed E-state index contributed by atoms with van der Waals surface area (Å²) < 4.78 is 1.80. The van der Waals surface area contributed by atoms with Gasteiger partial charge in [0.1, 0.15) is 0 Å². The molecule has 1 aliphatic rings. The van der Waals surface area contributed by atoms with Crippen molar-refractivity contribution in [2.24, 2.45) is 11.8 Å². The normalized spacial score (nSPS) is 21.1. The number of hydrogen-bond acceptors (Lipinski definition) is 4. The molecule has 2 amide bonds. The highest BCUT2D eigenvalue weighted by Gasteiger charge is 2.25. The molecule has 7 nitrogen and oxygen atoms in total. The molecule has 0 aliphatic heterocycles. The average molecular weight is 335 g/mol. The highest BCUT2D eigenvalue weighted by molar-refractivity contribution is 5.91. The molecule has 7 heteroatoms. The number of carbonyl (C=O) groups excluding carboxylic acids is 2. The molecule has 2 N–H and O–H groups in total. The molecule has 134 valence electrons. The van der Waals surface area contributed by atoms with Gasteiger partial charge in [0.2, 0.25) is 5.91 Å². The van der Waals surface area contributed by atoms with E-state index in [-0.39, 0.29) is 29.8 Å². The minimum atomic E-state index is -0.173. The summed E-state index contributed by atoms with van der Waals surface area (Å²) in [5.74, 6) is 0.362. The van der Waals surface area contributed by atoms with Crippen LogP contribution in [0.1, 0.15) is 69.9 Å². The summed E-state index contributed by atoms with van der Waals surface area (Å²) in [6, 6.07) is 0.491. The number of hydrogen-bond donors (Lipinski definition) is 2. The van der Waals surface area contributed by atoms with Gasteiger partial charge in [0.05, 0.1) is 12.2 Å². The smallest absolute Gasteiger partial charge is 0.273 e. The van der Waals surface area contributed by atoms with E-state index in [0.29, 0.717) is 18.2 Å². The van der Waals surface area contributed by atoms with Gasteiger partial charge in [0.25, 0.3) is 5.91 Å². The van der Waals surface area contributed by atoms with Crippen molar-refractivity contribution in [1.29, 1.82) is 0 Å². The second kappa shape index (κ2) is 8.26. The predicted octanol–water partition coefficient (Wildman–Crippen LogP) is 1.92. The summed E-state index contributed by atoms with van der Waals surface area (Å²) in [5.41, 5.74) is 0.367. The largest absolute Gasteiger partial charge is 0.353 e. The van der Waals surface area contributed by atoms with Gasteiger partial charge < -0.3 is 10.6 Å². The quantitative estimate of drug-likeness (QED) is 0.831. The fraction of sp³-hybridized carbons (Fsp3) is 0.765. The lowest BCUT2D eigenvalue weighted by Crippen LogP contribution is -2.40. The fourth-order valence-corrected chi connectivity index (χ4v) is 2.80. The summed E-state index contributed by atoms with van der Waals surface area (Å²) in [4.78, 5) is 23.8. The maximum Gasteiger partial charge on any atom is 0.273 e. The maximum absolute atomic E-state index is 12.0. The van der Waals surface area contributed by atoms with Gasteiger partial charge in [-0.05, 0) is 31.6 Å². The van der Waals surface area contributed by atoms with Crippen LogP contribution in [0.25, 0.3) is 0 Å². The molecule has 1 heterocycles. The van der Waals surface area contributed by atoms with Crippen LogP contribution in [0.15, 0.2) is 6.20 Å². The van der Waals surface area contributed by atoms with Crippen molar-refractivity contribution in [3.63, 3.8) is 0 Å². The van der Waals surface area contributed by atoms with Gasteiger partial charge in [-0.1, -0.05) is 32.9 Å². The Kier molecular flexibility index (Phi) is 6.34. The van der Waals surface area contributed by atoms with Gasteiger partial charge >= 0.3 is 0 Å². The average Bonchev–Trinajstić information content (AvgIpc) is 3.03. The highest BCUT2D eigenvalue weighted by Crippen LogP contribution is 2.28. The molecule has 0 unspecified atom stereocenters. The van der Waals surface area contributed by atoms with Gasteiger partial charge in [-0.3, -0.25) is 9.59 Å². The van der Waals surface area contributed by atoms with E-state index in [9.17, 15) is 9.59 Å². The molecule has 1 aliphatic carbocycles. The Labute approximate surface area is 143 Å². The number of nitrogens with one attached hydrogen (secondary N) is 2. The van der Waals surface area contributed by atoms with Crippen LogP contribution in [0, 0.1) is 11.8 Å². The zero-order valence-corrected chi connectivity index (χ0v) is 15.1. The summed E-state index contributed by atoms with van der Waals surface area (Å²) in [6.45, 7) is 8.54. The Morgan fingerprint density at radius 1 is 1.21 bits per heavy atom. The van der Waals surface area contributed by atoms with E-state index in [0.717, 1.165) is 25.7 Å². The van der Waals surface area contributed by atoms with Crippen LogP contribution >= 0.6 is 0 Å². The monoisotopic (exact) mass is 335 g/mol. The van der Waals surface area contributed by atoms with Crippen molar-refractivity contribution in [3.05, 3.63) is 11.9 Å². The van der Waals surface area contributed by atoms with Crippen molar-refractivity contribution in [2.75, 3.05) is 6.54 Å². The third kappa shape index (κ3) is 5.04. The summed E-state index contributed by atoms with van der Waals surface area (Å²) in [6.07, 6.45) is 5.45. The Bertz CT molecular complexity index is 559. The Hall–Kier alpha value is -1.92. The third-order valence-corrected chi connectivity index (χ3v) is 4.36. The molecule has 0 atom stereocenters. The standard InChI is InChI=1S/C17H29N5O2/c1-11(2)9-18-17(24)15-10-22(21-20-15)14-7-5-13(6-8-14)19-16(23)12(3)4/h10-14H,5-9H2,1-4H3,(H,18,24)(H,19,23). The van der Waals surface area contributed by atoms with Gasteiger partial charge in [-0.15, -0.1) is 5.10 Å². The molecule has 24 heavy (non-hydrogen) atoms. The van der Waals surface area contributed by atoms with Crippen molar-refractivity contribution >= 4 is 11.8 Å². The number of rotatable bonds is 6.